The van der Waals surface area contributed by atoms with E-state index < -0.39 is 0 Å². The van der Waals surface area contributed by atoms with Gasteiger partial charge in [-0.2, -0.15) is 0 Å². The lowest BCUT2D eigenvalue weighted by atomic mass is 10.2. The van der Waals surface area contributed by atoms with Crippen LogP contribution in [0.3, 0.4) is 0 Å². The molecule has 0 fully saturated rings. The second-order valence-electron chi connectivity index (χ2n) is 5.40. The number of rotatable bonds is 4. The van der Waals surface area contributed by atoms with Gasteiger partial charge in [-0.3, -0.25) is 4.79 Å². The fraction of sp³-hybridized carbons (Fsp3) is 0.150. The molecule has 0 atom stereocenters. The number of aromatic nitrogens is 1. The van der Waals surface area contributed by atoms with Crippen LogP contribution in [0.2, 0.25) is 10.2 Å². The molecule has 0 amide bonds. The Balaban J connectivity index is 1.70. The van der Waals surface area contributed by atoms with E-state index in [2.05, 4.69) is 11.8 Å². The van der Waals surface area contributed by atoms with E-state index in [1.54, 1.807) is 0 Å². The van der Waals surface area contributed by atoms with E-state index >= 15 is 0 Å². The SMILES string of the molecule is O=Cc1c(Cl)n(CCCC#Cc2ccc(Cl)cc2)c2ccccc12. The van der Waals surface area contributed by atoms with Crippen molar-refractivity contribution in [3.8, 4) is 11.8 Å². The van der Waals surface area contributed by atoms with Gasteiger partial charge in [0.25, 0.3) is 0 Å². The number of aldehydes is 1. The van der Waals surface area contributed by atoms with Crippen LogP contribution in [-0.2, 0) is 6.54 Å². The minimum absolute atomic E-state index is 0.497. The number of unbranched alkanes of at least 4 members (excludes halogenated alkanes) is 1. The van der Waals surface area contributed by atoms with E-state index in [0.717, 1.165) is 42.1 Å². The van der Waals surface area contributed by atoms with E-state index in [0.29, 0.717) is 15.7 Å². The van der Waals surface area contributed by atoms with Gasteiger partial charge in [-0.15, -0.1) is 0 Å². The van der Waals surface area contributed by atoms with Crippen molar-refractivity contribution < 1.29 is 4.79 Å². The summed E-state index contributed by atoms with van der Waals surface area (Å²) in [5.74, 6) is 6.28. The number of nitrogens with zero attached hydrogens (tertiary/aromatic N) is 1. The van der Waals surface area contributed by atoms with Crippen molar-refractivity contribution in [1.82, 2.24) is 4.57 Å². The highest BCUT2D eigenvalue weighted by molar-refractivity contribution is 6.34. The van der Waals surface area contributed by atoms with Crippen LogP contribution in [0.5, 0.6) is 0 Å². The van der Waals surface area contributed by atoms with Gasteiger partial charge in [0.05, 0.1) is 5.56 Å². The van der Waals surface area contributed by atoms with E-state index in [-0.39, 0.29) is 0 Å². The van der Waals surface area contributed by atoms with Crippen molar-refractivity contribution >= 4 is 40.4 Å². The molecular weight excluding hydrogens is 341 g/mol. The number of aryl methyl sites for hydroxylation is 1. The molecule has 0 aliphatic rings. The smallest absolute Gasteiger partial charge is 0.153 e. The highest BCUT2D eigenvalue weighted by atomic mass is 35.5. The maximum absolute atomic E-state index is 11.3. The summed E-state index contributed by atoms with van der Waals surface area (Å²) < 4.78 is 1.98. The number of carbonyl (C=O) groups excluding carboxylic acids is 1. The minimum Gasteiger partial charge on any atom is -0.331 e. The van der Waals surface area contributed by atoms with Crippen LogP contribution >= 0.6 is 23.2 Å². The van der Waals surface area contributed by atoms with Crippen LogP contribution in [0.4, 0.5) is 0 Å². The number of para-hydroxylation sites is 1. The summed E-state index contributed by atoms with van der Waals surface area (Å²) in [4.78, 5) is 11.3. The second-order valence-corrected chi connectivity index (χ2v) is 6.20. The van der Waals surface area contributed by atoms with E-state index in [1.165, 1.54) is 0 Å². The standard InChI is InChI=1S/C20H15Cl2NO/c21-16-11-9-15(10-12-16)6-2-1-5-13-23-19-8-4-3-7-17(19)18(14-24)20(23)22/h3-4,7-12,14H,1,5,13H2. The predicted molar refractivity (Wildman–Crippen MR) is 99.9 cm³/mol. The normalized spacial score (nSPS) is 10.4. The number of hydrogen-bond donors (Lipinski definition) is 0. The fourth-order valence-corrected chi connectivity index (χ4v) is 3.10. The van der Waals surface area contributed by atoms with Crippen molar-refractivity contribution in [2.45, 2.75) is 19.4 Å². The molecule has 1 heterocycles. The van der Waals surface area contributed by atoms with Crippen LogP contribution in [0.1, 0.15) is 28.8 Å². The minimum atomic E-state index is 0.497. The lowest BCUT2D eigenvalue weighted by molar-refractivity contribution is 0.112. The molecule has 0 aliphatic heterocycles. The van der Waals surface area contributed by atoms with Crippen molar-refractivity contribution in [3.05, 3.63) is 69.8 Å². The van der Waals surface area contributed by atoms with Gasteiger partial charge in [0.15, 0.2) is 6.29 Å². The lowest BCUT2D eigenvalue weighted by Gasteiger charge is -2.05. The van der Waals surface area contributed by atoms with E-state index in [9.17, 15) is 4.79 Å². The summed E-state index contributed by atoms with van der Waals surface area (Å²) in [5, 5.41) is 2.10. The summed E-state index contributed by atoms with van der Waals surface area (Å²) in [6.07, 6.45) is 2.43. The molecule has 2 aromatic carbocycles. The molecule has 0 aliphatic carbocycles. The van der Waals surface area contributed by atoms with Crippen LogP contribution in [0.25, 0.3) is 10.9 Å². The Morgan fingerprint density at radius 3 is 2.54 bits per heavy atom. The molecule has 1 aromatic heterocycles. The van der Waals surface area contributed by atoms with Gasteiger partial charge >= 0.3 is 0 Å². The van der Waals surface area contributed by atoms with Gasteiger partial charge in [0.2, 0.25) is 0 Å². The number of fused-ring (bicyclic) bond motifs is 1. The molecule has 2 nitrogen and oxygen atoms in total. The Hall–Kier alpha value is -2.21. The Morgan fingerprint density at radius 1 is 1.04 bits per heavy atom. The molecule has 0 bridgehead atoms. The quantitative estimate of drug-likeness (QED) is 0.339. The third kappa shape index (κ3) is 3.48. The molecule has 4 heteroatoms. The third-order valence-corrected chi connectivity index (χ3v) is 4.48. The summed E-state index contributed by atoms with van der Waals surface area (Å²) in [5.41, 5.74) is 2.49. The molecule has 0 radical (unpaired) electrons. The third-order valence-electron chi connectivity index (χ3n) is 3.82. The van der Waals surface area contributed by atoms with Gasteiger partial charge in [0, 0.05) is 34.5 Å². The Morgan fingerprint density at radius 2 is 1.79 bits per heavy atom. The number of hydrogen-bond acceptors (Lipinski definition) is 1. The average Bonchev–Trinajstić information content (AvgIpc) is 2.87. The Labute approximate surface area is 151 Å². The second kappa shape index (κ2) is 7.57. The molecule has 0 N–H and O–H groups in total. The van der Waals surface area contributed by atoms with Gasteiger partial charge < -0.3 is 4.57 Å². The molecule has 0 saturated heterocycles. The Kier molecular flexibility index (Phi) is 5.25. The molecular formula is C20H15Cl2NO. The van der Waals surface area contributed by atoms with Gasteiger partial charge in [0.1, 0.15) is 5.15 Å². The largest absolute Gasteiger partial charge is 0.331 e. The van der Waals surface area contributed by atoms with Crippen LogP contribution in [0, 0.1) is 11.8 Å². The van der Waals surface area contributed by atoms with Gasteiger partial charge in [-0.1, -0.05) is 53.2 Å². The highest BCUT2D eigenvalue weighted by Gasteiger charge is 2.13. The van der Waals surface area contributed by atoms with Gasteiger partial charge in [-0.05, 0) is 36.8 Å². The predicted octanol–water partition coefficient (Wildman–Crippen LogP) is 5.59. The zero-order valence-corrected chi connectivity index (χ0v) is 14.4. The first kappa shape index (κ1) is 16.6. The molecule has 24 heavy (non-hydrogen) atoms. The van der Waals surface area contributed by atoms with Crippen LogP contribution in [0.15, 0.2) is 48.5 Å². The molecule has 3 rings (SSSR count). The maximum Gasteiger partial charge on any atom is 0.153 e. The highest BCUT2D eigenvalue weighted by Crippen LogP contribution is 2.29. The fourth-order valence-electron chi connectivity index (χ4n) is 2.65. The maximum atomic E-state index is 11.3. The number of halogens is 2. The lowest BCUT2D eigenvalue weighted by Crippen LogP contribution is -1.97. The molecule has 0 spiro atoms. The Bertz CT molecular complexity index is 930. The summed E-state index contributed by atoms with van der Waals surface area (Å²) in [6.45, 7) is 0.725. The molecule has 0 unspecified atom stereocenters. The van der Waals surface area contributed by atoms with Crippen LogP contribution in [-0.4, -0.2) is 10.9 Å². The monoisotopic (exact) mass is 355 g/mol. The first-order valence-electron chi connectivity index (χ1n) is 7.67. The van der Waals surface area contributed by atoms with E-state index in [4.69, 9.17) is 23.2 Å². The average molecular weight is 356 g/mol. The number of benzene rings is 2. The topological polar surface area (TPSA) is 22.0 Å². The zero-order valence-electron chi connectivity index (χ0n) is 12.9. The van der Waals surface area contributed by atoms with Crippen molar-refractivity contribution in [2.75, 3.05) is 0 Å². The van der Waals surface area contributed by atoms with Crippen molar-refractivity contribution in [3.63, 3.8) is 0 Å². The molecule has 3 aromatic rings. The molecule has 0 saturated carbocycles. The first-order valence-corrected chi connectivity index (χ1v) is 8.42. The first-order chi connectivity index (χ1) is 11.7. The zero-order chi connectivity index (χ0) is 16.9. The van der Waals surface area contributed by atoms with Crippen LogP contribution < -0.4 is 0 Å². The van der Waals surface area contributed by atoms with Crippen molar-refractivity contribution in [1.29, 1.82) is 0 Å². The van der Waals surface area contributed by atoms with E-state index in [1.807, 2.05) is 53.1 Å². The summed E-state index contributed by atoms with van der Waals surface area (Å²) in [7, 11) is 0. The number of carbonyl (C=O) groups is 1. The van der Waals surface area contributed by atoms with Gasteiger partial charge in [-0.25, -0.2) is 0 Å². The molecule has 120 valence electrons. The summed E-state index contributed by atoms with van der Waals surface area (Å²) >= 11 is 12.2. The summed E-state index contributed by atoms with van der Waals surface area (Å²) in [6, 6.07) is 15.2. The van der Waals surface area contributed by atoms with Crippen molar-refractivity contribution in [2.24, 2.45) is 0 Å².